The molecule has 26 heavy (non-hydrogen) atoms. The number of nitrogens with zero attached hydrogens (tertiary/aromatic N) is 1. The number of ether oxygens (including phenoxy) is 2. The minimum Gasteiger partial charge on any atom is -0.493 e. The fourth-order valence-corrected chi connectivity index (χ4v) is 2.85. The number of fused-ring (bicyclic) bond motifs is 1. The van der Waals surface area contributed by atoms with Crippen LogP contribution in [0.25, 0.3) is 6.08 Å². The number of benzene rings is 1. The molecule has 1 aliphatic rings. The summed E-state index contributed by atoms with van der Waals surface area (Å²) in [6, 6.07) is 7.49. The average Bonchev–Trinajstić information content (AvgIpc) is 3.24. The number of carbonyl (C=O) groups excluding carboxylic acids is 2. The van der Waals surface area contributed by atoms with Crippen molar-refractivity contribution in [3.05, 3.63) is 58.6 Å². The Morgan fingerprint density at radius 2 is 2.12 bits per heavy atom. The molecule has 2 heterocycles. The maximum absolute atomic E-state index is 12.3. The summed E-state index contributed by atoms with van der Waals surface area (Å²) in [5, 5.41) is 0. The fourth-order valence-electron chi connectivity index (χ4n) is 2.85. The number of rotatable bonds is 5. The third kappa shape index (κ3) is 3.79. The molecule has 1 aliphatic heterocycles. The van der Waals surface area contributed by atoms with Crippen molar-refractivity contribution in [2.75, 3.05) is 20.8 Å². The lowest BCUT2D eigenvalue weighted by molar-refractivity contribution is -0.125. The van der Waals surface area contributed by atoms with E-state index >= 15 is 0 Å². The van der Waals surface area contributed by atoms with Gasteiger partial charge in [0, 0.05) is 19.5 Å². The highest BCUT2D eigenvalue weighted by molar-refractivity contribution is 5.92. The first-order chi connectivity index (χ1) is 12.5. The Labute approximate surface area is 152 Å². The van der Waals surface area contributed by atoms with Crippen molar-refractivity contribution in [2.24, 2.45) is 0 Å². The van der Waals surface area contributed by atoms with Crippen molar-refractivity contribution in [1.82, 2.24) is 4.90 Å². The van der Waals surface area contributed by atoms with E-state index in [0.717, 1.165) is 23.3 Å². The molecule has 2 aromatic rings. The molecule has 6 heteroatoms. The SMILES string of the molecule is COC(=O)c1cc(CN(C)C(=O)/C=C/c2ccc3c(c2)CCO3)oc1C. The van der Waals surface area contributed by atoms with E-state index in [2.05, 4.69) is 0 Å². The lowest BCUT2D eigenvalue weighted by atomic mass is 10.1. The van der Waals surface area contributed by atoms with Gasteiger partial charge in [0.25, 0.3) is 0 Å². The number of hydrogen-bond acceptors (Lipinski definition) is 5. The van der Waals surface area contributed by atoms with Gasteiger partial charge in [0.15, 0.2) is 0 Å². The number of esters is 1. The molecule has 0 spiro atoms. The van der Waals surface area contributed by atoms with Gasteiger partial charge in [0.1, 0.15) is 22.8 Å². The number of hydrogen-bond donors (Lipinski definition) is 0. The van der Waals surface area contributed by atoms with Crippen LogP contribution in [0.5, 0.6) is 5.75 Å². The monoisotopic (exact) mass is 355 g/mol. The molecular weight excluding hydrogens is 334 g/mol. The molecule has 0 bridgehead atoms. The van der Waals surface area contributed by atoms with Crippen LogP contribution in [0, 0.1) is 6.92 Å². The summed E-state index contributed by atoms with van der Waals surface area (Å²) >= 11 is 0. The van der Waals surface area contributed by atoms with Crippen molar-refractivity contribution in [1.29, 1.82) is 0 Å². The Hall–Kier alpha value is -3.02. The molecule has 1 amide bonds. The van der Waals surface area contributed by atoms with E-state index in [1.807, 2.05) is 18.2 Å². The molecule has 3 rings (SSSR count). The number of likely N-dealkylation sites (N-methyl/N-ethyl adjacent to an activating group) is 1. The molecule has 136 valence electrons. The van der Waals surface area contributed by atoms with Crippen molar-refractivity contribution in [3.8, 4) is 5.75 Å². The van der Waals surface area contributed by atoms with Crippen LogP contribution in [0.2, 0.25) is 0 Å². The molecular formula is C20H21NO5. The predicted octanol–water partition coefficient (Wildman–Crippen LogP) is 2.98. The maximum atomic E-state index is 12.3. The van der Waals surface area contributed by atoms with Crippen LogP contribution in [-0.2, 0) is 22.5 Å². The minimum absolute atomic E-state index is 0.157. The first-order valence-electron chi connectivity index (χ1n) is 8.34. The van der Waals surface area contributed by atoms with Gasteiger partial charge >= 0.3 is 5.97 Å². The molecule has 1 aromatic carbocycles. The predicted molar refractivity (Wildman–Crippen MR) is 95.9 cm³/mol. The van der Waals surface area contributed by atoms with E-state index in [-0.39, 0.29) is 12.5 Å². The molecule has 0 atom stereocenters. The number of methoxy groups -OCH3 is 1. The van der Waals surface area contributed by atoms with Crippen molar-refractivity contribution < 1.29 is 23.5 Å². The standard InChI is InChI=1S/C20H21NO5/c1-13-17(20(23)24-3)11-16(26-13)12-21(2)19(22)7-5-14-4-6-18-15(10-14)8-9-25-18/h4-7,10-11H,8-9,12H2,1-3H3/b7-5+. The Morgan fingerprint density at radius 1 is 1.31 bits per heavy atom. The Bertz CT molecular complexity index is 865. The quantitative estimate of drug-likeness (QED) is 0.609. The first kappa shape index (κ1) is 17.8. The Kier molecular flexibility index (Phi) is 5.11. The molecule has 0 aliphatic carbocycles. The van der Waals surface area contributed by atoms with E-state index in [9.17, 15) is 9.59 Å². The van der Waals surface area contributed by atoms with Gasteiger partial charge < -0.3 is 18.8 Å². The average molecular weight is 355 g/mol. The van der Waals surface area contributed by atoms with E-state index in [0.29, 0.717) is 23.7 Å². The molecule has 0 saturated carbocycles. The lowest BCUT2D eigenvalue weighted by Gasteiger charge is -2.13. The number of amides is 1. The summed E-state index contributed by atoms with van der Waals surface area (Å²) in [4.78, 5) is 25.5. The maximum Gasteiger partial charge on any atom is 0.341 e. The van der Waals surface area contributed by atoms with Gasteiger partial charge in [-0.2, -0.15) is 0 Å². The van der Waals surface area contributed by atoms with Gasteiger partial charge in [-0.1, -0.05) is 6.07 Å². The zero-order valence-electron chi connectivity index (χ0n) is 15.1. The van der Waals surface area contributed by atoms with Crippen LogP contribution in [0.4, 0.5) is 0 Å². The molecule has 6 nitrogen and oxygen atoms in total. The normalized spacial score (nSPS) is 12.7. The lowest BCUT2D eigenvalue weighted by Crippen LogP contribution is -2.23. The van der Waals surface area contributed by atoms with Gasteiger partial charge in [-0.15, -0.1) is 0 Å². The van der Waals surface area contributed by atoms with Crippen molar-refractivity contribution >= 4 is 18.0 Å². The zero-order chi connectivity index (χ0) is 18.7. The molecule has 0 unspecified atom stereocenters. The van der Waals surface area contributed by atoms with Gasteiger partial charge in [0.2, 0.25) is 5.91 Å². The summed E-state index contributed by atoms with van der Waals surface area (Å²) in [6.07, 6.45) is 4.20. The summed E-state index contributed by atoms with van der Waals surface area (Å²) in [7, 11) is 3.00. The highest BCUT2D eigenvalue weighted by atomic mass is 16.5. The molecule has 1 aromatic heterocycles. The van der Waals surface area contributed by atoms with Crippen LogP contribution >= 0.6 is 0 Å². The molecule has 0 radical (unpaired) electrons. The van der Waals surface area contributed by atoms with Gasteiger partial charge in [-0.3, -0.25) is 4.79 Å². The zero-order valence-corrected chi connectivity index (χ0v) is 15.1. The number of furan rings is 1. The van der Waals surface area contributed by atoms with E-state index < -0.39 is 5.97 Å². The second-order valence-corrected chi connectivity index (χ2v) is 6.17. The summed E-state index contributed by atoms with van der Waals surface area (Å²) < 4.78 is 15.7. The van der Waals surface area contributed by atoms with E-state index in [1.165, 1.54) is 18.1 Å². The van der Waals surface area contributed by atoms with Gasteiger partial charge in [-0.25, -0.2) is 4.79 Å². The van der Waals surface area contributed by atoms with Crippen LogP contribution in [0.1, 0.15) is 33.0 Å². The molecule has 0 N–H and O–H groups in total. The second kappa shape index (κ2) is 7.47. The molecule has 0 fully saturated rings. The van der Waals surface area contributed by atoms with E-state index in [1.54, 1.807) is 26.1 Å². The molecule has 0 saturated heterocycles. The van der Waals surface area contributed by atoms with Crippen LogP contribution in [0.3, 0.4) is 0 Å². The summed E-state index contributed by atoms with van der Waals surface area (Å²) in [6.45, 7) is 2.66. The topological polar surface area (TPSA) is 69.0 Å². The third-order valence-electron chi connectivity index (χ3n) is 4.28. The van der Waals surface area contributed by atoms with Gasteiger partial charge in [0.05, 0.1) is 20.3 Å². The van der Waals surface area contributed by atoms with E-state index in [4.69, 9.17) is 13.9 Å². The van der Waals surface area contributed by atoms with Crippen LogP contribution < -0.4 is 4.74 Å². The van der Waals surface area contributed by atoms with Crippen LogP contribution in [0.15, 0.2) is 34.8 Å². The number of carbonyl (C=O) groups is 2. The minimum atomic E-state index is -0.452. The smallest absolute Gasteiger partial charge is 0.341 e. The first-order valence-corrected chi connectivity index (χ1v) is 8.34. The van der Waals surface area contributed by atoms with Crippen molar-refractivity contribution in [3.63, 3.8) is 0 Å². The fraction of sp³-hybridized carbons (Fsp3) is 0.300. The van der Waals surface area contributed by atoms with Crippen LogP contribution in [-0.4, -0.2) is 37.5 Å². The Morgan fingerprint density at radius 3 is 2.88 bits per heavy atom. The largest absolute Gasteiger partial charge is 0.493 e. The summed E-state index contributed by atoms with van der Waals surface area (Å²) in [5.74, 6) is 1.31. The van der Waals surface area contributed by atoms with Crippen molar-refractivity contribution in [2.45, 2.75) is 19.9 Å². The highest BCUT2D eigenvalue weighted by Gasteiger charge is 2.17. The van der Waals surface area contributed by atoms with Gasteiger partial charge in [-0.05, 0) is 42.3 Å². The summed E-state index contributed by atoms with van der Waals surface area (Å²) in [5.41, 5.74) is 2.49. The number of aryl methyl sites for hydroxylation is 1. The highest BCUT2D eigenvalue weighted by Crippen LogP contribution is 2.26. The third-order valence-corrected chi connectivity index (χ3v) is 4.28. The Balaban J connectivity index is 1.64. The second-order valence-electron chi connectivity index (χ2n) is 6.17.